The van der Waals surface area contributed by atoms with Crippen molar-refractivity contribution in [1.82, 2.24) is 15.3 Å². The number of benzene rings is 3. The maximum Gasteiger partial charge on any atom is 0.263 e. The number of nitrogens with zero attached hydrogens (tertiary/aromatic N) is 3. The summed E-state index contributed by atoms with van der Waals surface area (Å²) in [5.41, 5.74) is 1.71. The van der Waals surface area contributed by atoms with Crippen LogP contribution in [0.4, 0.5) is 23.0 Å². The van der Waals surface area contributed by atoms with Gasteiger partial charge >= 0.3 is 0 Å². The lowest BCUT2D eigenvalue weighted by atomic mass is 10.0. The molecule has 1 aliphatic heterocycles. The Kier molecular flexibility index (Phi) is 8.22. The lowest BCUT2D eigenvalue weighted by Crippen LogP contribution is -2.53. The zero-order valence-electron chi connectivity index (χ0n) is 23.2. The number of aromatic nitrogens is 2. The average Bonchev–Trinajstić information content (AvgIpc) is 2.96. The summed E-state index contributed by atoms with van der Waals surface area (Å²) in [6.07, 6.45) is 0.0812. The van der Waals surface area contributed by atoms with Gasteiger partial charge in [0.25, 0.3) is 10.0 Å². The molecule has 12 nitrogen and oxygen atoms in total. The summed E-state index contributed by atoms with van der Waals surface area (Å²) in [5.74, 6) is -0.0292. The Balaban J connectivity index is 1.52. The molecule has 4 aromatic rings. The van der Waals surface area contributed by atoms with Crippen LogP contribution in [0.3, 0.4) is 0 Å². The van der Waals surface area contributed by atoms with Crippen molar-refractivity contribution in [3.63, 3.8) is 0 Å². The van der Waals surface area contributed by atoms with Gasteiger partial charge in [0.05, 0.1) is 41.8 Å². The van der Waals surface area contributed by atoms with E-state index in [2.05, 4.69) is 25.3 Å². The summed E-state index contributed by atoms with van der Waals surface area (Å²) in [6, 6.07) is 17.9. The topological polar surface area (TPSA) is 152 Å². The molecular formula is C29H30N6O6S. The van der Waals surface area contributed by atoms with Crippen molar-refractivity contribution < 1.29 is 27.5 Å². The second-order valence-corrected chi connectivity index (χ2v) is 11.2. The van der Waals surface area contributed by atoms with Gasteiger partial charge in [-0.2, -0.15) is 0 Å². The lowest BCUT2D eigenvalue weighted by molar-refractivity contribution is -0.129. The first-order valence-corrected chi connectivity index (χ1v) is 14.7. The van der Waals surface area contributed by atoms with Crippen molar-refractivity contribution in [1.29, 1.82) is 0 Å². The van der Waals surface area contributed by atoms with E-state index in [0.29, 0.717) is 41.3 Å². The van der Waals surface area contributed by atoms with E-state index in [9.17, 15) is 18.0 Å². The molecule has 3 N–H and O–H groups in total. The molecule has 0 atom stereocenters. The maximum absolute atomic E-state index is 13.7. The van der Waals surface area contributed by atoms with E-state index in [1.165, 1.54) is 38.5 Å². The number of carbonyl (C=O) groups is 2. The van der Waals surface area contributed by atoms with Crippen molar-refractivity contribution >= 4 is 55.9 Å². The second kappa shape index (κ2) is 12.0. The molecule has 0 aliphatic carbocycles. The zero-order chi connectivity index (χ0) is 29.9. The second-order valence-electron chi connectivity index (χ2n) is 9.51. The Bertz CT molecular complexity index is 1740. The molecule has 42 heavy (non-hydrogen) atoms. The molecule has 13 heteroatoms. The molecule has 3 aromatic carbocycles. The van der Waals surface area contributed by atoms with E-state index in [-0.39, 0.29) is 40.5 Å². The molecule has 0 spiro atoms. The Labute approximate surface area is 243 Å². The Hall–Kier alpha value is -4.75. The number of anilines is 4. The molecule has 0 unspecified atom stereocenters. The van der Waals surface area contributed by atoms with Crippen LogP contribution in [0.25, 0.3) is 11.0 Å². The number of hydrogen-bond acceptors (Lipinski definition) is 10. The number of methoxy groups -OCH3 is 2. The fourth-order valence-corrected chi connectivity index (χ4v) is 5.40. The standard InChI is InChI=1S/C29H30N6O6S/c1-4-26(36)35(29(37)18-16-30-17-18)20-8-7-9-23(14-20)42(38,39)34-28-27(32-24-10-5-6-11-25(24)33-28)31-19-12-21(40-2)15-22(13-19)41-3/h5-15,18,30H,4,16-17H2,1-3H3,(H,31,32)(H,33,34). The summed E-state index contributed by atoms with van der Waals surface area (Å²) < 4.78 is 40.6. The summed E-state index contributed by atoms with van der Waals surface area (Å²) in [4.78, 5) is 35.9. The highest BCUT2D eigenvalue weighted by molar-refractivity contribution is 7.92. The third-order valence-corrected chi connectivity index (χ3v) is 8.04. The van der Waals surface area contributed by atoms with Crippen LogP contribution in [0.2, 0.25) is 0 Å². The molecule has 1 aliphatic rings. The molecular weight excluding hydrogens is 560 g/mol. The van der Waals surface area contributed by atoms with Crippen molar-refractivity contribution in [2.24, 2.45) is 5.92 Å². The largest absolute Gasteiger partial charge is 0.497 e. The molecule has 2 amide bonds. The van der Waals surface area contributed by atoms with Gasteiger partial charge in [-0.25, -0.2) is 18.4 Å². The molecule has 2 heterocycles. The normalized spacial score (nSPS) is 13.2. The highest BCUT2D eigenvalue weighted by atomic mass is 32.2. The number of ether oxygens (including phenoxy) is 2. The summed E-state index contributed by atoms with van der Waals surface area (Å²) in [6.45, 7) is 2.57. The number of rotatable bonds is 10. The van der Waals surface area contributed by atoms with Gasteiger partial charge in [0.1, 0.15) is 11.5 Å². The van der Waals surface area contributed by atoms with Gasteiger partial charge in [0.2, 0.25) is 11.8 Å². The van der Waals surface area contributed by atoms with Crippen LogP contribution in [-0.2, 0) is 19.6 Å². The van der Waals surface area contributed by atoms with Crippen molar-refractivity contribution in [2.45, 2.75) is 18.2 Å². The van der Waals surface area contributed by atoms with Crippen LogP contribution in [0.5, 0.6) is 11.5 Å². The maximum atomic E-state index is 13.7. The molecule has 0 bridgehead atoms. The van der Waals surface area contributed by atoms with E-state index in [1.54, 1.807) is 49.4 Å². The van der Waals surface area contributed by atoms with Gasteiger partial charge in [-0.05, 0) is 30.3 Å². The van der Waals surface area contributed by atoms with E-state index in [4.69, 9.17) is 9.47 Å². The van der Waals surface area contributed by atoms with E-state index >= 15 is 0 Å². The van der Waals surface area contributed by atoms with Crippen molar-refractivity contribution in [3.05, 3.63) is 66.7 Å². The van der Waals surface area contributed by atoms with Gasteiger partial charge in [0.15, 0.2) is 11.6 Å². The van der Waals surface area contributed by atoms with Crippen LogP contribution in [0, 0.1) is 5.92 Å². The third-order valence-electron chi connectivity index (χ3n) is 6.70. The van der Waals surface area contributed by atoms with Crippen molar-refractivity contribution in [3.8, 4) is 11.5 Å². The summed E-state index contributed by atoms with van der Waals surface area (Å²) in [7, 11) is -1.21. The molecule has 0 radical (unpaired) electrons. The highest BCUT2D eigenvalue weighted by Crippen LogP contribution is 2.32. The van der Waals surface area contributed by atoms with E-state index < -0.39 is 15.9 Å². The number of fused-ring (bicyclic) bond motifs is 1. The van der Waals surface area contributed by atoms with Crippen LogP contribution < -0.4 is 29.7 Å². The van der Waals surface area contributed by atoms with E-state index in [0.717, 1.165) is 4.90 Å². The first kappa shape index (κ1) is 28.8. The minimum atomic E-state index is -4.25. The molecule has 1 aromatic heterocycles. The predicted molar refractivity (Wildman–Crippen MR) is 159 cm³/mol. The molecule has 5 rings (SSSR count). The zero-order valence-corrected chi connectivity index (χ0v) is 24.1. The van der Waals surface area contributed by atoms with Crippen LogP contribution in [-0.4, -0.2) is 57.5 Å². The number of hydrogen-bond donors (Lipinski definition) is 3. The number of amides is 2. The first-order chi connectivity index (χ1) is 20.2. The van der Waals surface area contributed by atoms with Gasteiger partial charge in [-0.3, -0.25) is 19.2 Å². The predicted octanol–water partition coefficient (Wildman–Crippen LogP) is 3.68. The minimum absolute atomic E-state index is 0.0565. The fourth-order valence-electron chi connectivity index (χ4n) is 4.35. The lowest BCUT2D eigenvalue weighted by Gasteiger charge is -2.31. The Morgan fingerprint density at radius 2 is 1.57 bits per heavy atom. The SMILES string of the molecule is CCC(=O)N(C(=O)C1CNC1)c1cccc(S(=O)(=O)Nc2nc3ccccc3nc2Nc2cc(OC)cc(OC)c2)c1. The van der Waals surface area contributed by atoms with Crippen molar-refractivity contribution in [2.75, 3.05) is 42.2 Å². The van der Waals surface area contributed by atoms with Gasteiger partial charge in [-0.15, -0.1) is 0 Å². The van der Waals surface area contributed by atoms with Crippen LogP contribution in [0.15, 0.2) is 71.6 Å². The van der Waals surface area contributed by atoms with Crippen LogP contribution >= 0.6 is 0 Å². The summed E-state index contributed by atoms with van der Waals surface area (Å²) >= 11 is 0. The highest BCUT2D eigenvalue weighted by Gasteiger charge is 2.33. The van der Waals surface area contributed by atoms with Gasteiger partial charge < -0.3 is 20.1 Å². The fraction of sp³-hybridized carbons (Fsp3) is 0.241. The molecule has 1 fully saturated rings. The van der Waals surface area contributed by atoms with E-state index in [1.807, 2.05) is 0 Å². The number of nitrogens with one attached hydrogen (secondary N) is 3. The number of para-hydroxylation sites is 2. The average molecular weight is 591 g/mol. The van der Waals surface area contributed by atoms with Gasteiger partial charge in [-0.1, -0.05) is 25.1 Å². The van der Waals surface area contributed by atoms with Crippen LogP contribution in [0.1, 0.15) is 13.3 Å². The third kappa shape index (κ3) is 5.97. The molecule has 0 saturated carbocycles. The molecule has 1 saturated heterocycles. The minimum Gasteiger partial charge on any atom is -0.497 e. The molecule has 218 valence electrons. The van der Waals surface area contributed by atoms with Gasteiger partial charge in [0, 0.05) is 43.4 Å². The number of sulfonamides is 1. The quantitative estimate of drug-likeness (QED) is 0.249. The first-order valence-electron chi connectivity index (χ1n) is 13.2. The number of carbonyl (C=O) groups excluding carboxylic acids is 2. The number of imide groups is 1. The Morgan fingerprint density at radius 3 is 2.14 bits per heavy atom. The summed E-state index contributed by atoms with van der Waals surface area (Å²) in [5, 5.41) is 6.14. The smallest absolute Gasteiger partial charge is 0.263 e. The monoisotopic (exact) mass is 590 g/mol. The Morgan fingerprint density at radius 1 is 0.929 bits per heavy atom.